The fourth-order valence-electron chi connectivity index (χ4n) is 2.19. The SMILES string of the molecule is CC(NC1CCCC(N)C1)C(=O)N(C)C. The molecule has 4 heteroatoms. The Morgan fingerprint density at radius 2 is 2.13 bits per heavy atom. The third kappa shape index (κ3) is 3.80. The first-order valence-corrected chi connectivity index (χ1v) is 5.73. The fourth-order valence-corrected chi connectivity index (χ4v) is 2.19. The first kappa shape index (κ1) is 12.5. The molecule has 0 aromatic carbocycles. The summed E-state index contributed by atoms with van der Waals surface area (Å²) in [4.78, 5) is 13.3. The summed E-state index contributed by atoms with van der Waals surface area (Å²) in [6.45, 7) is 1.92. The number of nitrogens with one attached hydrogen (secondary N) is 1. The number of nitrogens with zero attached hydrogens (tertiary/aromatic N) is 1. The van der Waals surface area contributed by atoms with Crippen molar-refractivity contribution in [1.29, 1.82) is 0 Å². The van der Waals surface area contributed by atoms with Crippen molar-refractivity contribution in [1.82, 2.24) is 10.2 Å². The molecule has 3 atom stereocenters. The highest BCUT2D eigenvalue weighted by Crippen LogP contribution is 2.17. The van der Waals surface area contributed by atoms with E-state index in [0.29, 0.717) is 12.1 Å². The zero-order valence-electron chi connectivity index (χ0n) is 9.99. The van der Waals surface area contributed by atoms with Crippen LogP contribution in [0.3, 0.4) is 0 Å². The Bertz CT molecular complexity index is 218. The summed E-state index contributed by atoms with van der Waals surface area (Å²) in [6, 6.07) is 0.612. The van der Waals surface area contributed by atoms with Gasteiger partial charge in [-0.1, -0.05) is 6.42 Å². The highest BCUT2D eigenvalue weighted by Gasteiger charge is 2.23. The van der Waals surface area contributed by atoms with Crippen molar-refractivity contribution in [2.45, 2.75) is 50.7 Å². The molecule has 1 rings (SSSR count). The maximum absolute atomic E-state index is 11.6. The predicted molar refractivity (Wildman–Crippen MR) is 61.5 cm³/mol. The number of hydrogen-bond acceptors (Lipinski definition) is 3. The lowest BCUT2D eigenvalue weighted by molar-refractivity contribution is -0.130. The van der Waals surface area contributed by atoms with Crippen LogP contribution in [-0.2, 0) is 4.79 Å². The van der Waals surface area contributed by atoms with Crippen LogP contribution < -0.4 is 11.1 Å². The average Bonchev–Trinajstić information content (AvgIpc) is 2.16. The second-order valence-corrected chi connectivity index (χ2v) is 4.74. The van der Waals surface area contributed by atoms with Crippen LogP contribution in [0.5, 0.6) is 0 Å². The van der Waals surface area contributed by atoms with E-state index >= 15 is 0 Å². The summed E-state index contributed by atoms with van der Waals surface area (Å²) in [5, 5.41) is 3.36. The van der Waals surface area contributed by atoms with Crippen LogP contribution in [0.1, 0.15) is 32.6 Å². The van der Waals surface area contributed by atoms with Crippen molar-refractivity contribution in [3.05, 3.63) is 0 Å². The van der Waals surface area contributed by atoms with Crippen LogP contribution in [0.2, 0.25) is 0 Å². The normalized spacial score (nSPS) is 28.5. The van der Waals surface area contributed by atoms with Crippen molar-refractivity contribution >= 4 is 5.91 Å². The number of hydrogen-bond donors (Lipinski definition) is 2. The number of amides is 1. The summed E-state index contributed by atoms with van der Waals surface area (Å²) in [5.74, 6) is 0.133. The van der Waals surface area contributed by atoms with Crippen LogP contribution in [0.15, 0.2) is 0 Å². The molecule has 1 aliphatic rings. The summed E-state index contributed by atoms with van der Waals surface area (Å²) in [5.41, 5.74) is 5.90. The Morgan fingerprint density at radius 3 is 2.67 bits per heavy atom. The molecule has 0 aromatic heterocycles. The number of likely N-dealkylation sites (N-methyl/N-ethyl adjacent to an activating group) is 1. The molecule has 88 valence electrons. The first-order valence-electron chi connectivity index (χ1n) is 5.73. The van der Waals surface area contributed by atoms with Gasteiger partial charge in [0.2, 0.25) is 5.91 Å². The minimum Gasteiger partial charge on any atom is -0.347 e. The predicted octanol–water partition coefficient (Wildman–Crippen LogP) is 0.323. The minimum absolute atomic E-state index is 0.102. The molecule has 1 aliphatic carbocycles. The van der Waals surface area contributed by atoms with Crippen LogP contribution in [0, 0.1) is 0 Å². The standard InChI is InChI=1S/C11H23N3O/c1-8(11(15)14(2)3)13-10-6-4-5-9(12)7-10/h8-10,13H,4-7,12H2,1-3H3. The van der Waals surface area contributed by atoms with Crippen LogP contribution in [0.4, 0.5) is 0 Å². The molecule has 1 saturated carbocycles. The summed E-state index contributed by atoms with van der Waals surface area (Å²) in [7, 11) is 3.57. The van der Waals surface area contributed by atoms with E-state index in [1.54, 1.807) is 19.0 Å². The van der Waals surface area contributed by atoms with Crippen LogP contribution in [0.25, 0.3) is 0 Å². The summed E-state index contributed by atoms with van der Waals surface area (Å²) < 4.78 is 0. The zero-order chi connectivity index (χ0) is 11.4. The molecule has 0 aromatic rings. The number of nitrogens with two attached hydrogens (primary N) is 1. The lowest BCUT2D eigenvalue weighted by Crippen LogP contribution is -2.49. The molecule has 1 fully saturated rings. The van der Waals surface area contributed by atoms with E-state index in [2.05, 4.69) is 5.32 Å². The maximum Gasteiger partial charge on any atom is 0.238 e. The summed E-state index contributed by atoms with van der Waals surface area (Å²) in [6.07, 6.45) is 4.42. The maximum atomic E-state index is 11.6. The van der Waals surface area contributed by atoms with Crippen molar-refractivity contribution < 1.29 is 4.79 Å². The van der Waals surface area contributed by atoms with Gasteiger partial charge in [-0.25, -0.2) is 0 Å². The van der Waals surface area contributed by atoms with Gasteiger partial charge in [-0.2, -0.15) is 0 Å². The van der Waals surface area contributed by atoms with Gasteiger partial charge in [0.15, 0.2) is 0 Å². The van der Waals surface area contributed by atoms with E-state index in [4.69, 9.17) is 5.73 Å². The van der Waals surface area contributed by atoms with Gasteiger partial charge in [-0.3, -0.25) is 4.79 Å². The van der Waals surface area contributed by atoms with Crippen molar-refractivity contribution in [2.24, 2.45) is 5.73 Å². The van der Waals surface area contributed by atoms with Crippen molar-refractivity contribution in [2.75, 3.05) is 14.1 Å². The number of carbonyl (C=O) groups is 1. The number of carbonyl (C=O) groups excluding carboxylic acids is 1. The first-order chi connectivity index (χ1) is 7.00. The third-order valence-electron chi connectivity index (χ3n) is 3.01. The molecule has 0 radical (unpaired) electrons. The van der Waals surface area contributed by atoms with Crippen LogP contribution in [-0.4, -0.2) is 43.0 Å². The van der Waals surface area contributed by atoms with Crippen molar-refractivity contribution in [3.8, 4) is 0 Å². The summed E-state index contributed by atoms with van der Waals surface area (Å²) >= 11 is 0. The second kappa shape index (κ2) is 5.47. The Labute approximate surface area is 92.2 Å². The Hall–Kier alpha value is -0.610. The van der Waals surface area contributed by atoms with E-state index < -0.39 is 0 Å². The van der Waals surface area contributed by atoms with Gasteiger partial charge in [0.25, 0.3) is 0 Å². The molecular formula is C11H23N3O. The monoisotopic (exact) mass is 213 g/mol. The van der Waals surface area contributed by atoms with Gasteiger partial charge in [0, 0.05) is 26.2 Å². The largest absolute Gasteiger partial charge is 0.347 e. The lowest BCUT2D eigenvalue weighted by atomic mass is 9.91. The molecule has 4 nitrogen and oxygen atoms in total. The number of rotatable bonds is 3. The highest BCUT2D eigenvalue weighted by molar-refractivity contribution is 5.80. The van der Waals surface area contributed by atoms with E-state index in [1.807, 2.05) is 6.92 Å². The van der Waals surface area contributed by atoms with Crippen LogP contribution >= 0.6 is 0 Å². The quantitative estimate of drug-likeness (QED) is 0.710. The minimum atomic E-state index is -0.102. The molecule has 0 spiro atoms. The molecule has 15 heavy (non-hydrogen) atoms. The van der Waals surface area contributed by atoms with Gasteiger partial charge < -0.3 is 16.0 Å². The fraction of sp³-hybridized carbons (Fsp3) is 0.909. The van der Waals surface area contributed by atoms with E-state index in [1.165, 1.54) is 6.42 Å². The Balaban J connectivity index is 2.36. The molecule has 3 unspecified atom stereocenters. The third-order valence-corrected chi connectivity index (χ3v) is 3.01. The van der Waals surface area contributed by atoms with Gasteiger partial charge in [-0.15, -0.1) is 0 Å². The molecule has 3 N–H and O–H groups in total. The Kier molecular flexibility index (Phi) is 4.54. The second-order valence-electron chi connectivity index (χ2n) is 4.74. The molecular weight excluding hydrogens is 190 g/mol. The van der Waals surface area contributed by atoms with Gasteiger partial charge >= 0.3 is 0 Å². The van der Waals surface area contributed by atoms with Gasteiger partial charge in [0.1, 0.15) is 0 Å². The van der Waals surface area contributed by atoms with E-state index in [0.717, 1.165) is 19.3 Å². The topological polar surface area (TPSA) is 58.4 Å². The smallest absolute Gasteiger partial charge is 0.238 e. The van der Waals surface area contributed by atoms with Gasteiger partial charge in [-0.05, 0) is 26.2 Å². The van der Waals surface area contributed by atoms with E-state index in [9.17, 15) is 4.79 Å². The molecule has 0 saturated heterocycles. The molecule has 0 heterocycles. The van der Waals surface area contributed by atoms with Gasteiger partial charge in [0.05, 0.1) is 6.04 Å². The van der Waals surface area contributed by atoms with Crippen molar-refractivity contribution in [3.63, 3.8) is 0 Å². The average molecular weight is 213 g/mol. The zero-order valence-corrected chi connectivity index (χ0v) is 9.99. The highest BCUT2D eigenvalue weighted by atomic mass is 16.2. The molecule has 1 amide bonds. The van der Waals surface area contributed by atoms with E-state index in [-0.39, 0.29) is 11.9 Å². The Morgan fingerprint density at radius 1 is 1.47 bits per heavy atom. The molecule has 0 aliphatic heterocycles. The lowest BCUT2D eigenvalue weighted by Gasteiger charge is -2.30. The molecule has 0 bridgehead atoms.